The first-order chi connectivity index (χ1) is 11.6. The van der Waals surface area contributed by atoms with Crippen LogP contribution in [0, 0.1) is 17.6 Å². The molecule has 1 fully saturated rings. The Morgan fingerprint density at radius 1 is 1.08 bits per heavy atom. The number of amides is 1. The van der Waals surface area contributed by atoms with Gasteiger partial charge in [0.1, 0.15) is 17.2 Å². The summed E-state index contributed by atoms with van der Waals surface area (Å²) in [6.07, 6.45) is 0.224. The summed E-state index contributed by atoms with van der Waals surface area (Å²) in [5.41, 5.74) is 0.0678. The van der Waals surface area contributed by atoms with Gasteiger partial charge in [-0.1, -0.05) is 24.3 Å². The highest BCUT2D eigenvalue weighted by Crippen LogP contribution is 2.25. The van der Waals surface area contributed by atoms with Gasteiger partial charge in [0.2, 0.25) is 5.91 Å². The van der Waals surface area contributed by atoms with Gasteiger partial charge in [0, 0.05) is 24.6 Å². The Labute approximate surface area is 137 Å². The maximum atomic E-state index is 13.5. The van der Waals surface area contributed by atoms with Crippen LogP contribution in [0.1, 0.15) is 16.8 Å². The number of hydrogen-bond donors (Lipinski definition) is 0. The van der Waals surface area contributed by atoms with Crippen molar-refractivity contribution in [2.45, 2.75) is 6.42 Å². The van der Waals surface area contributed by atoms with Crippen molar-refractivity contribution in [2.75, 3.05) is 18.1 Å². The van der Waals surface area contributed by atoms with E-state index >= 15 is 0 Å². The van der Waals surface area contributed by atoms with E-state index in [1.807, 2.05) is 30.3 Å². The fourth-order valence-corrected chi connectivity index (χ4v) is 2.71. The summed E-state index contributed by atoms with van der Waals surface area (Å²) in [6, 6.07) is 12.3. The topological polar surface area (TPSA) is 46.6 Å². The van der Waals surface area contributed by atoms with Crippen LogP contribution in [0.2, 0.25) is 0 Å². The molecule has 1 unspecified atom stereocenters. The number of carbonyl (C=O) groups is 2. The minimum Gasteiger partial charge on any atom is -0.462 e. The summed E-state index contributed by atoms with van der Waals surface area (Å²) in [5, 5.41) is 0. The maximum Gasteiger partial charge on any atom is 0.344 e. The number of esters is 1. The van der Waals surface area contributed by atoms with Crippen LogP contribution in [-0.4, -0.2) is 25.0 Å². The third kappa shape index (κ3) is 3.27. The highest BCUT2D eigenvalue weighted by Gasteiger charge is 2.32. The lowest BCUT2D eigenvalue weighted by molar-refractivity contribution is -0.117. The lowest BCUT2D eigenvalue weighted by Gasteiger charge is -2.16. The molecule has 0 N–H and O–H groups in total. The van der Waals surface area contributed by atoms with Crippen LogP contribution in [0.25, 0.3) is 0 Å². The van der Waals surface area contributed by atoms with Gasteiger partial charge < -0.3 is 9.64 Å². The van der Waals surface area contributed by atoms with Crippen LogP contribution in [0.15, 0.2) is 48.5 Å². The van der Waals surface area contributed by atoms with E-state index in [0.717, 1.165) is 17.8 Å². The van der Waals surface area contributed by atoms with E-state index in [4.69, 9.17) is 4.74 Å². The average Bonchev–Trinajstić information content (AvgIpc) is 2.94. The van der Waals surface area contributed by atoms with Gasteiger partial charge in [-0.05, 0) is 24.3 Å². The minimum atomic E-state index is -1.06. The molecular weight excluding hydrogens is 316 g/mol. The molecular formula is C18H15F2NO3. The third-order valence-corrected chi connectivity index (χ3v) is 3.89. The Bertz CT molecular complexity index is 744. The molecule has 1 aliphatic heterocycles. The zero-order valence-corrected chi connectivity index (χ0v) is 12.7. The van der Waals surface area contributed by atoms with Crippen LogP contribution in [0.4, 0.5) is 14.5 Å². The van der Waals surface area contributed by atoms with Gasteiger partial charge in [-0.25, -0.2) is 13.6 Å². The molecule has 1 saturated heterocycles. The molecule has 1 heterocycles. The standard InChI is InChI=1S/C18H15F2NO3/c19-14-7-4-8-15(20)17(14)18(23)24-11-12-9-16(22)21(10-12)13-5-2-1-3-6-13/h1-8,12H,9-11H2. The fourth-order valence-electron chi connectivity index (χ4n) is 2.71. The van der Waals surface area contributed by atoms with Gasteiger partial charge in [0.05, 0.1) is 6.61 Å². The van der Waals surface area contributed by atoms with Crippen molar-refractivity contribution in [1.82, 2.24) is 0 Å². The van der Waals surface area contributed by atoms with Gasteiger partial charge >= 0.3 is 5.97 Å². The number of halogens is 2. The molecule has 124 valence electrons. The molecule has 2 aromatic rings. The van der Waals surface area contributed by atoms with Crippen LogP contribution < -0.4 is 4.90 Å². The molecule has 0 saturated carbocycles. The number of benzene rings is 2. The van der Waals surface area contributed by atoms with Gasteiger partial charge in [0.15, 0.2) is 0 Å². The highest BCUT2D eigenvalue weighted by atomic mass is 19.1. The molecule has 0 aromatic heterocycles. The predicted molar refractivity (Wildman–Crippen MR) is 83.5 cm³/mol. The number of carbonyl (C=O) groups excluding carboxylic acids is 2. The summed E-state index contributed by atoms with van der Waals surface area (Å²) < 4.78 is 32.1. The zero-order valence-electron chi connectivity index (χ0n) is 12.7. The molecule has 0 bridgehead atoms. The van der Waals surface area contributed by atoms with Crippen LogP contribution in [-0.2, 0) is 9.53 Å². The molecule has 1 aliphatic rings. The van der Waals surface area contributed by atoms with Crippen molar-refractivity contribution < 1.29 is 23.1 Å². The van der Waals surface area contributed by atoms with Crippen molar-refractivity contribution >= 4 is 17.6 Å². The largest absolute Gasteiger partial charge is 0.462 e. The molecule has 24 heavy (non-hydrogen) atoms. The normalized spacial score (nSPS) is 17.2. The van der Waals surface area contributed by atoms with Gasteiger partial charge in [-0.2, -0.15) is 0 Å². The first kappa shape index (κ1) is 16.1. The van der Waals surface area contributed by atoms with Gasteiger partial charge in [-0.3, -0.25) is 4.79 Å². The average molecular weight is 331 g/mol. The number of hydrogen-bond acceptors (Lipinski definition) is 3. The maximum absolute atomic E-state index is 13.5. The highest BCUT2D eigenvalue weighted by molar-refractivity contribution is 5.95. The summed E-state index contributed by atoms with van der Waals surface area (Å²) >= 11 is 0. The molecule has 6 heteroatoms. The van der Waals surface area contributed by atoms with Gasteiger partial charge in [0.25, 0.3) is 0 Å². The SMILES string of the molecule is O=C(OCC1CC(=O)N(c2ccccc2)C1)c1c(F)cccc1F. The Kier molecular flexibility index (Phi) is 4.55. The van der Waals surface area contributed by atoms with E-state index in [1.165, 1.54) is 6.07 Å². The number of anilines is 1. The van der Waals surface area contributed by atoms with Crippen molar-refractivity contribution in [3.63, 3.8) is 0 Å². The Balaban J connectivity index is 1.62. The Morgan fingerprint density at radius 3 is 2.42 bits per heavy atom. The summed E-state index contributed by atoms with van der Waals surface area (Å²) in [4.78, 5) is 25.6. The van der Waals surface area contributed by atoms with E-state index in [0.29, 0.717) is 6.54 Å². The van der Waals surface area contributed by atoms with E-state index in [-0.39, 0.29) is 24.9 Å². The molecule has 0 aliphatic carbocycles. The lowest BCUT2D eigenvalue weighted by atomic mass is 10.1. The van der Waals surface area contributed by atoms with E-state index in [9.17, 15) is 18.4 Å². The Morgan fingerprint density at radius 2 is 1.75 bits per heavy atom. The van der Waals surface area contributed by atoms with Gasteiger partial charge in [-0.15, -0.1) is 0 Å². The number of para-hydroxylation sites is 1. The molecule has 3 rings (SSSR count). The molecule has 1 atom stereocenters. The molecule has 1 amide bonds. The molecule has 0 radical (unpaired) electrons. The summed E-state index contributed by atoms with van der Waals surface area (Å²) in [5.74, 6) is -3.27. The first-order valence-corrected chi connectivity index (χ1v) is 7.53. The minimum absolute atomic E-state index is 0.0678. The predicted octanol–water partition coefficient (Wildman–Crippen LogP) is 3.17. The van der Waals surface area contributed by atoms with E-state index in [1.54, 1.807) is 4.90 Å². The van der Waals surface area contributed by atoms with Crippen molar-refractivity contribution in [2.24, 2.45) is 5.92 Å². The second kappa shape index (κ2) is 6.78. The molecule has 2 aromatic carbocycles. The quantitative estimate of drug-likeness (QED) is 0.809. The third-order valence-electron chi connectivity index (χ3n) is 3.89. The van der Waals surface area contributed by atoms with Crippen LogP contribution in [0.5, 0.6) is 0 Å². The monoisotopic (exact) mass is 331 g/mol. The smallest absolute Gasteiger partial charge is 0.344 e. The van der Waals surface area contributed by atoms with Crippen molar-refractivity contribution in [1.29, 1.82) is 0 Å². The van der Waals surface area contributed by atoms with Crippen LogP contribution >= 0.6 is 0 Å². The Hall–Kier alpha value is -2.76. The molecule has 0 spiro atoms. The van der Waals surface area contributed by atoms with Crippen LogP contribution in [0.3, 0.4) is 0 Å². The summed E-state index contributed by atoms with van der Waals surface area (Å²) in [6.45, 7) is 0.331. The molecule has 4 nitrogen and oxygen atoms in total. The lowest BCUT2D eigenvalue weighted by Crippen LogP contribution is -2.25. The fraction of sp³-hybridized carbons (Fsp3) is 0.222. The van der Waals surface area contributed by atoms with Crippen molar-refractivity contribution in [3.8, 4) is 0 Å². The number of ether oxygens (including phenoxy) is 1. The van der Waals surface area contributed by atoms with E-state index < -0.39 is 23.2 Å². The second-order valence-electron chi connectivity index (χ2n) is 5.61. The first-order valence-electron chi connectivity index (χ1n) is 7.53. The number of rotatable bonds is 4. The van der Waals surface area contributed by atoms with E-state index in [2.05, 4.69) is 0 Å². The second-order valence-corrected chi connectivity index (χ2v) is 5.61. The number of nitrogens with zero attached hydrogens (tertiary/aromatic N) is 1. The summed E-state index contributed by atoms with van der Waals surface area (Å²) in [7, 11) is 0. The zero-order chi connectivity index (χ0) is 17.1. The van der Waals surface area contributed by atoms with Crippen molar-refractivity contribution in [3.05, 3.63) is 65.7 Å².